The normalized spacial score (nSPS) is 13.3. The molecule has 0 fully saturated rings. The summed E-state index contributed by atoms with van der Waals surface area (Å²) in [4.78, 5) is 21.6. The number of hydrogen-bond acceptors (Lipinski definition) is 3. The van der Waals surface area contributed by atoms with Crippen LogP contribution in [0.3, 0.4) is 0 Å². The van der Waals surface area contributed by atoms with E-state index in [0.717, 1.165) is 0 Å². The minimum Gasteiger partial charge on any atom is -0.480 e. The van der Waals surface area contributed by atoms with Gasteiger partial charge in [-0.25, -0.2) is 9.18 Å². The number of aliphatic carboxylic acids is 1. The third-order valence-electron chi connectivity index (χ3n) is 1.42. The standard InChI is InChI=1S/C9H16FNO3S/c1-9(2,3)15-5-7(12)11-6(4-10)8(13)14/h6H,4-5H2,1-3H3,(H,11,12)(H,13,14). The fourth-order valence-corrected chi connectivity index (χ4v) is 1.33. The minimum atomic E-state index is -1.43. The van der Waals surface area contributed by atoms with Crippen molar-refractivity contribution in [2.24, 2.45) is 0 Å². The number of hydrogen-bond donors (Lipinski definition) is 2. The van der Waals surface area contributed by atoms with Crippen LogP contribution in [0.15, 0.2) is 0 Å². The Morgan fingerprint density at radius 2 is 2.00 bits per heavy atom. The highest BCUT2D eigenvalue weighted by Crippen LogP contribution is 2.22. The number of carboxylic acid groups (broad SMARTS) is 1. The molecule has 88 valence electrons. The van der Waals surface area contributed by atoms with E-state index in [1.165, 1.54) is 11.8 Å². The molecule has 0 aromatic rings. The Morgan fingerprint density at radius 1 is 1.47 bits per heavy atom. The van der Waals surface area contributed by atoms with Gasteiger partial charge in [-0.2, -0.15) is 0 Å². The van der Waals surface area contributed by atoms with Gasteiger partial charge in [0.2, 0.25) is 5.91 Å². The zero-order valence-electron chi connectivity index (χ0n) is 9.04. The van der Waals surface area contributed by atoms with E-state index in [-0.39, 0.29) is 10.5 Å². The van der Waals surface area contributed by atoms with Gasteiger partial charge in [0.15, 0.2) is 6.04 Å². The summed E-state index contributed by atoms with van der Waals surface area (Å²) in [6.45, 7) is 4.72. The van der Waals surface area contributed by atoms with Crippen molar-refractivity contribution in [1.29, 1.82) is 0 Å². The van der Waals surface area contributed by atoms with Gasteiger partial charge in [-0.05, 0) is 0 Å². The number of carboxylic acids is 1. The van der Waals surface area contributed by atoms with Crippen LogP contribution in [-0.4, -0.2) is 40.2 Å². The summed E-state index contributed by atoms with van der Waals surface area (Å²) in [5, 5.41) is 10.6. The first-order chi connectivity index (χ1) is 6.76. The van der Waals surface area contributed by atoms with Crippen LogP contribution in [0.1, 0.15) is 20.8 Å². The first-order valence-electron chi connectivity index (χ1n) is 4.48. The molecule has 1 amide bonds. The van der Waals surface area contributed by atoms with Crippen LogP contribution in [0, 0.1) is 0 Å². The van der Waals surface area contributed by atoms with Gasteiger partial charge in [0.25, 0.3) is 0 Å². The second-order valence-electron chi connectivity index (χ2n) is 4.01. The van der Waals surface area contributed by atoms with Gasteiger partial charge in [-0.3, -0.25) is 4.79 Å². The number of thioether (sulfide) groups is 1. The fraction of sp³-hybridized carbons (Fsp3) is 0.778. The SMILES string of the molecule is CC(C)(C)SCC(=O)NC(CF)C(=O)O. The highest BCUT2D eigenvalue weighted by molar-refractivity contribution is 8.01. The molecule has 0 saturated heterocycles. The second-order valence-corrected chi connectivity index (χ2v) is 5.82. The second kappa shape index (κ2) is 5.95. The molecule has 6 heteroatoms. The molecule has 0 radical (unpaired) electrons. The van der Waals surface area contributed by atoms with E-state index in [0.29, 0.717) is 0 Å². The van der Waals surface area contributed by atoms with E-state index in [1.54, 1.807) is 0 Å². The number of amides is 1. The number of carbonyl (C=O) groups excluding carboxylic acids is 1. The molecule has 0 aromatic carbocycles. The topological polar surface area (TPSA) is 66.4 Å². The lowest BCUT2D eigenvalue weighted by Gasteiger charge is -2.18. The number of halogens is 1. The van der Waals surface area contributed by atoms with Crippen LogP contribution in [0.25, 0.3) is 0 Å². The summed E-state index contributed by atoms with van der Waals surface area (Å²) in [6, 6.07) is -1.43. The molecule has 4 nitrogen and oxygen atoms in total. The van der Waals surface area contributed by atoms with Crippen LogP contribution in [0.5, 0.6) is 0 Å². The molecular formula is C9H16FNO3S. The third kappa shape index (κ3) is 7.18. The van der Waals surface area contributed by atoms with Crippen molar-refractivity contribution < 1.29 is 19.1 Å². The highest BCUT2D eigenvalue weighted by atomic mass is 32.2. The largest absolute Gasteiger partial charge is 0.480 e. The Bertz CT molecular complexity index is 240. The Labute approximate surface area is 92.6 Å². The fourth-order valence-electron chi connectivity index (χ4n) is 0.684. The van der Waals surface area contributed by atoms with Crippen molar-refractivity contribution in [3.63, 3.8) is 0 Å². The van der Waals surface area contributed by atoms with Crippen LogP contribution in [0.4, 0.5) is 4.39 Å². The van der Waals surface area contributed by atoms with Gasteiger partial charge >= 0.3 is 5.97 Å². The number of alkyl halides is 1. The summed E-state index contributed by atoms with van der Waals surface area (Å²) in [5.41, 5.74) is 0. The highest BCUT2D eigenvalue weighted by Gasteiger charge is 2.20. The first kappa shape index (κ1) is 14.2. The smallest absolute Gasteiger partial charge is 0.328 e. The number of nitrogens with one attached hydrogen (secondary N) is 1. The van der Waals surface area contributed by atoms with Crippen LogP contribution < -0.4 is 5.32 Å². The van der Waals surface area contributed by atoms with E-state index in [2.05, 4.69) is 5.32 Å². The Balaban J connectivity index is 3.98. The summed E-state index contributed by atoms with van der Waals surface area (Å²) in [7, 11) is 0. The predicted octanol–water partition coefficient (Wildman–Crippen LogP) is 1.06. The monoisotopic (exact) mass is 237 g/mol. The van der Waals surface area contributed by atoms with Crippen molar-refractivity contribution in [3.8, 4) is 0 Å². The summed E-state index contributed by atoms with van der Waals surface area (Å²) in [5.74, 6) is -1.68. The quantitative estimate of drug-likeness (QED) is 0.750. The number of carbonyl (C=O) groups is 2. The zero-order valence-corrected chi connectivity index (χ0v) is 9.86. The molecule has 0 bridgehead atoms. The zero-order chi connectivity index (χ0) is 12.1. The lowest BCUT2D eigenvalue weighted by molar-refractivity contribution is -0.141. The van der Waals surface area contributed by atoms with E-state index in [9.17, 15) is 14.0 Å². The van der Waals surface area contributed by atoms with E-state index in [1.807, 2.05) is 20.8 Å². The Hall–Kier alpha value is -0.780. The van der Waals surface area contributed by atoms with Crippen molar-refractivity contribution >= 4 is 23.6 Å². The molecule has 0 rings (SSSR count). The lowest BCUT2D eigenvalue weighted by Crippen LogP contribution is -2.43. The maximum atomic E-state index is 12.1. The van der Waals surface area contributed by atoms with Crippen molar-refractivity contribution in [2.45, 2.75) is 31.6 Å². The molecule has 0 spiro atoms. The molecule has 0 aliphatic heterocycles. The molecule has 15 heavy (non-hydrogen) atoms. The van der Waals surface area contributed by atoms with Gasteiger partial charge < -0.3 is 10.4 Å². The molecule has 0 heterocycles. The minimum absolute atomic E-state index is 0.0776. The van der Waals surface area contributed by atoms with Gasteiger partial charge in [-0.15, -0.1) is 11.8 Å². The molecule has 0 aliphatic carbocycles. The van der Waals surface area contributed by atoms with E-state index < -0.39 is 24.6 Å². The first-order valence-corrected chi connectivity index (χ1v) is 5.47. The summed E-state index contributed by atoms with van der Waals surface area (Å²) < 4.78 is 12.1. The van der Waals surface area contributed by atoms with Crippen molar-refractivity contribution in [1.82, 2.24) is 5.32 Å². The van der Waals surface area contributed by atoms with Crippen LogP contribution >= 0.6 is 11.8 Å². The third-order valence-corrected chi connectivity index (χ3v) is 2.70. The van der Waals surface area contributed by atoms with E-state index in [4.69, 9.17) is 5.11 Å². The summed E-state index contributed by atoms with van der Waals surface area (Å²) in [6.07, 6.45) is 0. The van der Waals surface area contributed by atoms with Gasteiger partial charge in [0.05, 0.1) is 5.75 Å². The average Bonchev–Trinajstić information content (AvgIpc) is 2.09. The van der Waals surface area contributed by atoms with E-state index >= 15 is 0 Å². The molecule has 0 saturated carbocycles. The Kier molecular flexibility index (Phi) is 5.64. The number of rotatable bonds is 5. The predicted molar refractivity (Wildman–Crippen MR) is 57.8 cm³/mol. The van der Waals surface area contributed by atoms with Crippen LogP contribution in [-0.2, 0) is 9.59 Å². The van der Waals surface area contributed by atoms with Gasteiger partial charge in [-0.1, -0.05) is 20.8 Å². The molecule has 2 N–H and O–H groups in total. The Morgan fingerprint density at radius 3 is 2.33 bits per heavy atom. The summed E-state index contributed by atoms with van der Waals surface area (Å²) >= 11 is 1.38. The van der Waals surface area contributed by atoms with Gasteiger partial charge in [0, 0.05) is 4.75 Å². The molecule has 1 unspecified atom stereocenters. The lowest BCUT2D eigenvalue weighted by atomic mass is 10.3. The average molecular weight is 237 g/mol. The maximum Gasteiger partial charge on any atom is 0.328 e. The van der Waals surface area contributed by atoms with Crippen molar-refractivity contribution in [3.05, 3.63) is 0 Å². The molecule has 1 atom stereocenters. The maximum absolute atomic E-state index is 12.1. The van der Waals surface area contributed by atoms with Crippen LogP contribution in [0.2, 0.25) is 0 Å². The molecular weight excluding hydrogens is 221 g/mol. The van der Waals surface area contributed by atoms with Gasteiger partial charge in [0.1, 0.15) is 6.67 Å². The van der Waals surface area contributed by atoms with Crippen molar-refractivity contribution in [2.75, 3.05) is 12.4 Å². The molecule has 0 aromatic heterocycles. The molecule has 0 aliphatic rings.